The zero-order valence-corrected chi connectivity index (χ0v) is 20.4. The van der Waals surface area contributed by atoms with Gasteiger partial charge in [-0.2, -0.15) is 0 Å². The van der Waals surface area contributed by atoms with Gasteiger partial charge < -0.3 is 5.32 Å². The lowest BCUT2D eigenvalue weighted by Crippen LogP contribution is -2.59. The summed E-state index contributed by atoms with van der Waals surface area (Å²) in [6, 6.07) is 22.5. The lowest BCUT2D eigenvalue weighted by atomic mass is 9.41. The van der Waals surface area contributed by atoms with Gasteiger partial charge in [0.1, 0.15) is 0 Å². The highest BCUT2D eigenvalue weighted by Gasteiger charge is 2.59. The Morgan fingerprint density at radius 2 is 1.69 bits per heavy atom. The fraction of sp³-hybridized carbons (Fsp3) is 0.448. The molecule has 0 spiro atoms. The van der Waals surface area contributed by atoms with Crippen molar-refractivity contribution < 1.29 is 0 Å². The molecule has 4 aliphatic carbocycles. The molecule has 4 fully saturated rings. The smallest absolute Gasteiger partial charge is 0.0406 e. The van der Waals surface area contributed by atoms with Crippen LogP contribution in [-0.2, 0) is 12.0 Å². The van der Waals surface area contributed by atoms with Gasteiger partial charge in [0.2, 0.25) is 0 Å². The SMILES string of the molecule is CC(NCc1cc(-c2ccccc2)cs1)C12CC3CC(CC(c4ccc(Cl)cc4)(C3)C1)C2. The number of benzene rings is 2. The predicted molar refractivity (Wildman–Crippen MR) is 136 cm³/mol. The van der Waals surface area contributed by atoms with Gasteiger partial charge in [-0.1, -0.05) is 54.1 Å². The van der Waals surface area contributed by atoms with Crippen molar-refractivity contribution in [2.45, 2.75) is 63.5 Å². The third kappa shape index (κ3) is 3.65. The van der Waals surface area contributed by atoms with E-state index in [0.29, 0.717) is 16.9 Å². The molecular formula is C29H32ClNS. The van der Waals surface area contributed by atoms with Crippen LogP contribution in [0.5, 0.6) is 0 Å². The molecule has 3 atom stereocenters. The minimum absolute atomic E-state index is 0.369. The van der Waals surface area contributed by atoms with Gasteiger partial charge in [-0.3, -0.25) is 0 Å². The van der Waals surface area contributed by atoms with Crippen molar-refractivity contribution in [2.24, 2.45) is 17.3 Å². The first kappa shape index (κ1) is 21.0. The minimum atomic E-state index is 0.369. The Hall–Kier alpha value is -1.61. The van der Waals surface area contributed by atoms with Crippen molar-refractivity contribution in [2.75, 3.05) is 0 Å². The van der Waals surface area contributed by atoms with Crippen molar-refractivity contribution in [1.29, 1.82) is 0 Å². The summed E-state index contributed by atoms with van der Waals surface area (Å²) in [6.45, 7) is 3.44. The molecule has 2 aromatic carbocycles. The van der Waals surface area contributed by atoms with Crippen LogP contribution in [0.3, 0.4) is 0 Å². The lowest BCUT2D eigenvalue weighted by molar-refractivity contribution is -0.0883. The standard InChI is InChI=1S/C29H32ClNS/c1-20(31-17-27-12-24(18-32-27)23-5-3-2-4-6-23)28-13-21-11-22(14-28)16-29(15-21,19-28)25-7-9-26(30)10-8-25/h2-10,12,18,20-22,31H,11,13-17,19H2,1H3. The Morgan fingerprint density at radius 1 is 0.969 bits per heavy atom. The van der Waals surface area contributed by atoms with Crippen molar-refractivity contribution in [1.82, 2.24) is 5.32 Å². The molecule has 4 bridgehead atoms. The van der Waals surface area contributed by atoms with Gasteiger partial charge in [-0.05, 0) is 108 Å². The third-order valence-corrected chi connectivity index (χ3v) is 10.0. The number of nitrogens with one attached hydrogen (secondary N) is 1. The van der Waals surface area contributed by atoms with Crippen LogP contribution in [0.2, 0.25) is 5.02 Å². The van der Waals surface area contributed by atoms with Crippen molar-refractivity contribution in [3.05, 3.63) is 81.5 Å². The molecule has 1 aromatic heterocycles. The first-order valence-corrected chi connectivity index (χ1v) is 13.4. The molecule has 4 saturated carbocycles. The molecule has 0 saturated heterocycles. The Balaban J connectivity index is 1.20. The maximum atomic E-state index is 6.23. The number of hydrogen-bond acceptors (Lipinski definition) is 2. The van der Waals surface area contributed by atoms with Gasteiger partial charge in [0.15, 0.2) is 0 Å². The van der Waals surface area contributed by atoms with Crippen LogP contribution in [0.4, 0.5) is 0 Å². The van der Waals surface area contributed by atoms with E-state index in [4.69, 9.17) is 11.6 Å². The largest absolute Gasteiger partial charge is 0.309 e. The summed E-state index contributed by atoms with van der Waals surface area (Å²) >= 11 is 8.11. The van der Waals surface area contributed by atoms with Crippen molar-refractivity contribution >= 4 is 22.9 Å². The third-order valence-electron chi connectivity index (χ3n) is 8.82. The molecule has 0 amide bonds. The van der Waals surface area contributed by atoms with Crippen LogP contribution in [0.15, 0.2) is 66.0 Å². The van der Waals surface area contributed by atoms with Crippen molar-refractivity contribution in [3.8, 4) is 11.1 Å². The summed E-state index contributed by atoms with van der Waals surface area (Å²) in [5.74, 6) is 1.78. The second-order valence-electron chi connectivity index (χ2n) is 10.9. The summed E-state index contributed by atoms with van der Waals surface area (Å²) in [5, 5.41) is 7.15. The van der Waals surface area contributed by atoms with Crippen LogP contribution in [0.25, 0.3) is 11.1 Å². The van der Waals surface area contributed by atoms with E-state index in [1.807, 2.05) is 11.3 Å². The maximum absolute atomic E-state index is 6.23. The molecule has 166 valence electrons. The van der Waals surface area contributed by atoms with Gasteiger partial charge in [-0.25, -0.2) is 0 Å². The molecule has 0 radical (unpaired) electrons. The Morgan fingerprint density at radius 3 is 2.41 bits per heavy atom. The summed E-state index contributed by atoms with van der Waals surface area (Å²) in [4.78, 5) is 1.44. The highest BCUT2D eigenvalue weighted by atomic mass is 35.5. The van der Waals surface area contributed by atoms with E-state index in [0.717, 1.165) is 23.4 Å². The van der Waals surface area contributed by atoms with Crippen LogP contribution < -0.4 is 5.32 Å². The normalized spacial score (nSPS) is 31.7. The van der Waals surface area contributed by atoms with Gasteiger partial charge >= 0.3 is 0 Å². The van der Waals surface area contributed by atoms with E-state index in [9.17, 15) is 0 Å². The molecule has 1 nitrogen and oxygen atoms in total. The molecule has 3 heteroatoms. The highest BCUT2D eigenvalue weighted by Crippen LogP contribution is 2.66. The van der Waals surface area contributed by atoms with E-state index < -0.39 is 0 Å². The fourth-order valence-corrected chi connectivity index (χ4v) is 8.68. The Kier molecular flexibility index (Phi) is 5.24. The van der Waals surface area contributed by atoms with E-state index in [2.05, 4.69) is 78.3 Å². The molecule has 4 aliphatic rings. The summed E-state index contributed by atoms with van der Waals surface area (Å²) < 4.78 is 0. The molecule has 3 aromatic rings. The summed E-state index contributed by atoms with van der Waals surface area (Å²) in [6.07, 6.45) is 8.37. The lowest BCUT2D eigenvalue weighted by Gasteiger charge is -2.64. The first-order valence-electron chi connectivity index (χ1n) is 12.2. The van der Waals surface area contributed by atoms with Crippen LogP contribution in [0.1, 0.15) is 55.9 Å². The fourth-order valence-electron chi connectivity index (χ4n) is 7.71. The average molecular weight is 462 g/mol. The topological polar surface area (TPSA) is 12.0 Å². The molecule has 7 rings (SSSR count). The number of hydrogen-bond donors (Lipinski definition) is 1. The van der Waals surface area contributed by atoms with Crippen molar-refractivity contribution in [3.63, 3.8) is 0 Å². The molecule has 1 N–H and O–H groups in total. The van der Waals surface area contributed by atoms with Gasteiger partial charge in [0, 0.05) is 22.5 Å². The van der Waals surface area contributed by atoms with Gasteiger partial charge in [0.05, 0.1) is 0 Å². The van der Waals surface area contributed by atoms with Crippen LogP contribution in [0, 0.1) is 17.3 Å². The monoisotopic (exact) mass is 461 g/mol. The summed E-state index contributed by atoms with van der Waals surface area (Å²) in [7, 11) is 0. The summed E-state index contributed by atoms with van der Waals surface area (Å²) in [5.41, 5.74) is 5.00. The molecule has 3 unspecified atom stereocenters. The predicted octanol–water partition coefficient (Wildman–Crippen LogP) is 8.08. The molecular weight excluding hydrogens is 430 g/mol. The molecule has 32 heavy (non-hydrogen) atoms. The van der Waals surface area contributed by atoms with E-state index in [1.165, 1.54) is 54.5 Å². The van der Waals surface area contributed by atoms with Gasteiger partial charge in [-0.15, -0.1) is 11.3 Å². The molecule has 1 heterocycles. The number of halogens is 1. The zero-order chi connectivity index (χ0) is 21.8. The number of thiophene rings is 1. The Labute approximate surface area is 201 Å². The van der Waals surface area contributed by atoms with Crippen LogP contribution in [-0.4, -0.2) is 6.04 Å². The van der Waals surface area contributed by atoms with E-state index in [-0.39, 0.29) is 0 Å². The van der Waals surface area contributed by atoms with Crippen LogP contribution >= 0.6 is 22.9 Å². The second-order valence-corrected chi connectivity index (χ2v) is 12.3. The van der Waals surface area contributed by atoms with E-state index in [1.54, 1.807) is 5.56 Å². The minimum Gasteiger partial charge on any atom is -0.309 e. The first-order chi connectivity index (χ1) is 15.5. The van der Waals surface area contributed by atoms with E-state index >= 15 is 0 Å². The zero-order valence-electron chi connectivity index (χ0n) is 18.8. The van der Waals surface area contributed by atoms with Gasteiger partial charge in [0.25, 0.3) is 0 Å². The number of rotatable bonds is 6. The Bertz CT molecular complexity index is 1070. The molecule has 0 aliphatic heterocycles. The highest BCUT2D eigenvalue weighted by molar-refractivity contribution is 7.10. The second kappa shape index (κ2) is 8.01. The maximum Gasteiger partial charge on any atom is 0.0406 e. The quantitative estimate of drug-likeness (QED) is 0.391. The average Bonchev–Trinajstić information content (AvgIpc) is 3.27.